The fourth-order valence-corrected chi connectivity index (χ4v) is 5.19. The van der Waals surface area contributed by atoms with Crippen LogP contribution in [-0.2, 0) is 10.0 Å². The smallest absolute Gasteiger partial charge is 0.257 e. The number of anilines is 1. The van der Waals surface area contributed by atoms with Crippen LogP contribution in [0.15, 0.2) is 39.6 Å². The van der Waals surface area contributed by atoms with Gasteiger partial charge in [0.15, 0.2) is 11.5 Å². The van der Waals surface area contributed by atoms with Gasteiger partial charge in [0, 0.05) is 18.7 Å². The predicted molar refractivity (Wildman–Crippen MR) is 118 cm³/mol. The van der Waals surface area contributed by atoms with Crippen LogP contribution in [-0.4, -0.2) is 25.4 Å². The third-order valence-corrected chi connectivity index (χ3v) is 6.75. The number of halogens is 2. The lowest BCUT2D eigenvalue weighted by Crippen LogP contribution is -2.32. The van der Waals surface area contributed by atoms with E-state index >= 15 is 0 Å². The molecule has 0 aliphatic carbocycles. The zero-order valence-corrected chi connectivity index (χ0v) is 19.0. The number of benzene rings is 2. The highest BCUT2D eigenvalue weighted by Gasteiger charge is 2.24. The molecule has 30 heavy (non-hydrogen) atoms. The van der Waals surface area contributed by atoms with Crippen LogP contribution >= 0.6 is 23.2 Å². The number of hydrogen-bond acceptors (Lipinski definition) is 5. The summed E-state index contributed by atoms with van der Waals surface area (Å²) in [6.07, 6.45) is 1.49. The molecule has 0 saturated carbocycles. The van der Waals surface area contributed by atoms with E-state index in [2.05, 4.69) is 15.0 Å². The maximum atomic E-state index is 12.8. The molecular formula is C20H21Cl2N3O4S. The summed E-state index contributed by atoms with van der Waals surface area (Å²) in [7, 11) is -3.93. The van der Waals surface area contributed by atoms with Crippen LogP contribution in [0.4, 0.5) is 5.69 Å². The average Bonchev–Trinajstić information content (AvgIpc) is 3.00. The van der Waals surface area contributed by atoms with Crippen molar-refractivity contribution in [2.75, 3.05) is 5.32 Å². The van der Waals surface area contributed by atoms with Crippen LogP contribution in [0, 0.1) is 6.92 Å². The SMILES string of the molecule is CCC[C@H](C)NS(=O)(=O)c1cc(C(=O)Nc2ccc3oc(C)nc3c2)c(Cl)cc1Cl. The van der Waals surface area contributed by atoms with Gasteiger partial charge < -0.3 is 9.73 Å². The summed E-state index contributed by atoms with van der Waals surface area (Å²) in [5, 5.41) is 2.67. The van der Waals surface area contributed by atoms with E-state index in [0.717, 1.165) is 6.42 Å². The van der Waals surface area contributed by atoms with Gasteiger partial charge in [-0.25, -0.2) is 18.1 Å². The zero-order chi connectivity index (χ0) is 22.1. The number of nitrogens with zero attached hydrogens (tertiary/aromatic N) is 1. The number of hydrogen-bond donors (Lipinski definition) is 2. The van der Waals surface area contributed by atoms with Crippen LogP contribution in [0.1, 0.15) is 42.9 Å². The van der Waals surface area contributed by atoms with E-state index in [1.807, 2.05) is 6.92 Å². The molecule has 1 amide bonds. The van der Waals surface area contributed by atoms with Gasteiger partial charge in [-0.05, 0) is 43.7 Å². The fourth-order valence-electron chi connectivity index (χ4n) is 3.05. The Kier molecular flexibility index (Phi) is 6.71. The number of aryl methyl sites for hydroxylation is 1. The van der Waals surface area contributed by atoms with Crippen LogP contribution in [0.2, 0.25) is 10.0 Å². The van der Waals surface area contributed by atoms with Gasteiger partial charge >= 0.3 is 0 Å². The Balaban J connectivity index is 1.90. The minimum absolute atomic E-state index is 0.0129. The largest absolute Gasteiger partial charge is 0.441 e. The summed E-state index contributed by atoms with van der Waals surface area (Å²) in [4.78, 5) is 16.8. The average molecular weight is 470 g/mol. The Hall–Kier alpha value is -2.13. The molecule has 0 bridgehead atoms. The van der Waals surface area contributed by atoms with Gasteiger partial charge in [-0.3, -0.25) is 4.79 Å². The van der Waals surface area contributed by atoms with E-state index in [4.69, 9.17) is 27.6 Å². The summed E-state index contributed by atoms with van der Waals surface area (Å²) in [5.41, 5.74) is 1.63. The van der Waals surface area contributed by atoms with Crippen molar-refractivity contribution in [3.63, 3.8) is 0 Å². The van der Waals surface area contributed by atoms with E-state index in [0.29, 0.717) is 29.1 Å². The number of oxazole rings is 1. The van der Waals surface area contributed by atoms with Crippen molar-refractivity contribution < 1.29 is 17.6 Å². The highest BCUT2D eigenvalue weighted by atomic mass is 35.5. The lowest BCUT2D eigenvalue weighted by molar-refractivity contribution is 0.102. The maximum Gasteiger partial charge on any atom is 0.257 e. The fraction of sp³-hybridized carbons (Fsp3) is 0.300. The van der Waals surface area contributed by atoms with Crippen LogP contribution < -0.4 is 10.0 Å². The van der Waals surface area contributed by atoms with Gasteiger partial charge in [0.2, 0.25) is 10.0 Å². The second-order valence-electron chi connectivity index (χ2n) is 6.94. The van der Waals surface area contributed by atoms with E-state index in [1.165, 1.54) is 12.1 Å². The van der Waals surface area contributed by atoms with Crippen molar-refractivity contribution in [2.45, 2.75) is 44.6 Å². The van der Waals surface area contributed by atoms with Crippen molar-refractivity contribution in [1.82, 2.24) is 9.71 Å². The van der Waals surface area contributed by atoms with Crippen LogP contribution in [0.25, 0.3) is 11.1 Å². The molecule has 0 spiro atoms. The standard InChI is InChI=1S/C20H21Cl2N3O4S/c1-4-5-11(2)25-30(27,28)19-9-14(15(21)10-16(19)22)20(26)24-13-6-7-18-17(8-13)23-12(3)29-18/h6-11,25H,4-5H2,1-3H3,(H,24,26)/t11-/m0/s1. The highest BCUT2D eigenvalue weighted by Crippen LogP contribution is 2.30. The predicted octanol–water partition coefficient (Wildman–Crippen LogP) is 5.16. The molecule has 0 radical (unpaired) electrons. The highest BCUT2D eigenvalue weighted by molar-refractivity contribution is 7.89. The molecule has 1 atom stereocenters. The summed E-state index contributed by atoms with van der Waals surface area (Å²) >= 11 is 12.3. The molecule has 0 fully saturated rings. The third-order valence-electron chi connectivity index (χ3n) is 4.39. The lowest BCUT2D eigenvalue weighted by atomic mass is 10.2. The zero-order valence-electron chi connectivity index (χ0n) is 16.6. The van der Waals surface area contributed by atoms with Gasteiger partial charge in [0.25, 0.3) is 5.91 Å². The molecule has 2 N–H and O–H groups in total. The Morgan fingerprint density at radius 2 is 1.93 bits per heavy atom. The molecular weight excluding hydrogens is 449 g/mol. The number of carbonyl (C=O) groups is 1. The van der Waals surface area contributed by atoms with Gasteiger partial charge in [-0.1, -0.05) is 36.5 Å². The van der Waals surface area contributed by atoms with Crippen LogP contribution in [0.5, 0.6) is 0 Å². The molecule has 2 aromatic carbocycles. The first-order chi connectivity index (χ1) is 14.1. The van der Waals surface area contributed by atoms with E-state index in [1.54, 1.807) is 32.0 Å². The monoisotopic (exact) mass is 469 g/mol. The lowest BCUT2D eigenvalue weighted by Gasteiger charge is -2.15. The minimum Gasteiger partial charge on any atom is -0.441 e. The summed E-state index contributed by atoms with van der Waals surface area (Å²) in [6.45, 7) is 5.45. The second kappa shape index (κ2) is 8.93. The maximum absolute atomic E-state index is 12.8. The molecule has 0 aliphatic heterocycles. The molecule has 3 rings (SSSR count). The number of nitrogens with one attached hydrogen (secondary N) is 2. The number of fused-ring (bicyclic) bond motifs is 1. The van der Waals surface area contributed by atoms with E-state index < -0.39 is 15.9 Å². The summed E-state index contributed by atoms with van der Waals surface area (Å²) < 4.78 is 33.5. The van der Waals surface area contributed by atoms with Crippen molar-refractivity contribution in [3.05, 3.63) is 51.8 Å². The Morgan fingerprint density at radius 1 is 1.20 bits per heavy atom. The summed E-state index contributed by atoms with van der Waals surface area (Å²) in [5.74, 6) is -0.0665. The Morgan fingerprint density at radius 3 is 2.63 bits per heavy atom. The van der Waals surface area contributed by atoms with Crippen molar-refractivity contribution in [2.24, 2.45) is 0 Å². The summed E-state index contributed by atoms with van der Waals surface area (Å²) in [6, 6.07) is 7.14. The van der Waals surface area contributed by atoms with Gasteiger partial charge in [-0.15, -0.1) is 0 Å². The first-order valence-electron chi connectivity index (χ1n) is 9.30. The first kappa shape index (κ1) is 22.6. The molecule has 1 aromatic heterocycles. The van der Waals surface area contributed by atoms with Crippen molar-refractivity contribution in [3.8, 4) is 0 Å². The number of rotatable bonds is 7. The molecule has 1 heterocycles. The first-order valence-corrected chi connectivity index (χ1v) is 11.5. The van der Waals surface area contributed by atoms with Crippen molar-refractivity contribution in [1.29, 1.82) is 0 Å². The number of carbonyl (C=O) groups excluding carboxylic acids is 1. The van der Waals surface area contributed by atoms with Gasteiger partial charge in [-0.2, -0.15) is 0 Å². The molecule has 10 heteroatoms. The molecule has 3 aromatic rings. The van der Waals surface area contributed by atoms with E-state index in [-0.39, 0.29) is 26.5 Å². The Bertz CT molecular complexity index is 1210. The normalized spacial score (nSPS) is 12.8. The van der Waals surface area contributed by atoms with Crippen LogP contribution in [0.3, 0.4) is 0 Å². The number of sulfonamides is 1. The molecule has 160 valence electrons. The number of amides is 1. The van der Waals surface area contributed by atoms with Gasteiger partial charge in [0.1, 0.15) is 10.4 Å². The molecule has 0 unspecified atom stereocenters. The minimum atomic E-state index is -3.93. The quantitative estimate of drug-likeness (QED) is 0.497. The third kappa shape index (κ3) is 4.95. The molecule has 0 saturated heterocycles. The van der Waals surface area contributed by atoms with Gasteiger partial charge in [0.05, 0.1) is 15.6 Å². The topological polar surface area (TPSA) is 101 Å². The molecule has 7 nitrogen and oxygen atoms in total. The molecule has 0 aliphatic rings. The second-order valence-corrected chi connectivity index (χ2v) is 9.44. The Labute approximate surface area is 184 Å². The van der Waals surface area contributed by atoms with Crippen molar-refractivity contribution >= 4 is 55.9 Å². The van der Waals surface area contributed by atoms with E-state index in [9.17, 15) is 13.2 Å². The number of aromatic nitrogens is 1.